The summed E-state index contributed by atoms with van der Waals surface area (Å²) in [5, 5.41) is 1.17. The van der Waals surface area contributed by atoms with Crippen LogP contribution in [0.5, 0.6) is 0 Å². The first-order chi connectivity index (χ1) is 5.74. The smallest absolute Gasteiger partial charge is 0.330 e. The number of hydrogen-bond acceptors (Lipinski definition) is 4. The molecule has 0 bridgehead atoms. The molecule has 1 saturated heterocycles. The molecule has 0 spiro atoms. The molecule has 1 fully saturated rings. The molecule has 66 valence electrons. The van der Waals surface area contributed by atoms with E-state index >= 15 is 0 Å². The first-order valence-corrected chi connectivity index (χ1v) is 3.44. The largest absolute Gasteiger partial charge is 0.466 e. The van der Waals surface area contributed by atoms with Gasteiger partial charge in [0, 0.05) is 12.2 Å². The molecule has 12 heavy (non-hydrogen) atoms. The molecule has 0 aromatic heterocycles. The Balaban J connectivity index is 2.33. The molecule has 1 amide bonds. The summed E-state index contributed by atoms with van der Waals surface area (Å²) in [6.45, 7) is 1.13. The van der Waals surface area contributed by atoms with Crippen molar-refractivity contribution < 1.29 is 19.2 Å². The number of methoxy groups -OCH3 is 1. The van der Waals surface area contributed by atoms with Gasteiger partial charge in [0.15, 0.2) is 0 Å². The van der Waals surface area contributed by atoms with E-state index in [0.29, 0.717) is 13.2 Å². The van der Waals surface area contributed by atoms with Crippen LogP contribution in [0.3, 0.4) is 0 Å². The lowest BCUT2D eigenvalue weighted by Gasteiger charge is -2.28. The lowest BCUT2D eigenvalue weighted by atomic mass is 10.4. The molecular weight excluding hydrogens is 162 g/mol. The predicted molar refractivity (Wildman–Crippen MR) is 38.8 cm³/mol. The van der Waals surface area contributed by atoms with Gasteiger partial charge in [0.2, 0.25) is 0 Å². The number of carbonyl (C=O) groups excluding carboxylic acids is 2. The van der Waals surface area contributed by atoms with Crippen LogP contribution in [0.25, 0.3) is 0 Å². The van der Waals surface area contributed by atoms with Gasteiger partial charge < -0.3 is 4.74 Å². The Hall–Kier alpha value is -1.36. The normalized spacial score (nSPS) is 15.9. The van der Waals surface area contributed by atoms with Crippen LogP contribution >= 0.6 is 0 Å². The Kier molecular flexibility index (Phi) is 2.82. The van der Waals surface area contributed by atoms with Crippen LogP contribution in [-0.4, -0.2) is 37.2 Å². The maximum absolute atomic E-state index is 11.0. The van der Waals surface area contributed by atoms with Gasteiger partial charge in [-0.2, -0.15) is 0 Å². The highest BCUT2D eigenvalue weighted by Gasteiger charge is 2.19. The standard InChI is InChI=1S/C7H9NO4/c1-11-7(10)3-2-6(9)8-4-5-12-8/h2-3H,4-5H2,1H3/b3-2+. The Morgan fingerprint density at radius 1 is 1.50 bits per heavy atom. The SMILES string of the molecule is COC(=O)/C=C/C(=O)N1CCO1. The first-order valence-electron chi connectivity index (χ1n) is 3.44. The van der Waals surface area contributed by atoms with Gasteiger partial charge in [-0.1, -0.05) is 0 Å². The quantitative estimate of drug-likeness (QED) is 0.414. The molecule has 1 aliphatic rings. The average molecular weight is 171 g/mol. The summed E-state index contributed by atoms with van der Waals surface area (Å²) in [6, 6.07) is 0. The van der Waals surface area contributed by atoms with E-state index in [0.717, 1.165) is 12.2 Å². The number of amides is 1. The minimum Gasteiger partial charge on any atom is -0.466 e. The second-order valence-electron chi connectivity index (χ2n) is 2.13. The zero-order valence-electron chi connectivity index (χ0n) is 6.65. The van der Waals surface area contributed by atoms with Crippen molar-refractivity contribution in [1.29, 1.82) is 0 Å². The number of nitrogens with zero attached hydrogens (tertiary/aromatic N) is 1. The molecule has 0 aliphatic carbocycles. The lowest BCUT2D eigenvalue weighted by Crippen LogP contribution is -2.43. The molecule has 5 nitrogen and oxygen atoms in total. The fourth-order valence-corrected chi connectivity index (χ4v) is 0.647. The van der Waals surface area contributed by atoms with E-state index in [1.165, 1.54) is 12.2 Å². The molecule has 1 heterocycles. The molecule has 0 radical (unpaired) electrons. The maximum Gasteiger partial charge on any atom is 0.330 e. The molecule has 0 saturated carbocycles. The van der Waals surface area contributed by atoms with Crippen molar-refractivity contribution in [2.45, 2.75) is 0 Å². The van der Waals surface area contributed by atoms with Gasteiger partial charge in [-0.3, -0.25) is 9.63 Å². The average Bonchev–Trinajstić information content (AvgIpc) is 1.97. The lowest BCUT2D eigenvalue weighted by molar-refractivity contribution is -0.234. The van der Waals surface area contributed by atoms with E-state index in [1.54, 1.807) is 0 Å². The van der Waals surface area contributed by atoms with Gasteiger partial charge >= 0.3 is 5.97 Å². The van der Waals surface area contributed by atoms with Crippen LogP contribution in [0, 0.1) is 0 Å². The number of esters is 1. The zero-order chi connectivity index (χ0) is 8.97. The van der Waals surface area contributed by atoms with E-state index in [4.69, 9.17) is 4.84 Å². The maximum atomic E-state index is 11.0. The number of hydroxylamine groups is 2. The van der Waals surface area contributed by atoms with E-state index in [-0.39, 0.29) is 5.91 Å². The van der Waals surface area contributed by atoms with E-state index in [9.17, 15) is 9.59 Å². The summed E-state index contributed by atoms with van der Waals surface area (Å²) >= 11 is 0. The molecule has 5 heteroatoms. The minimum atomic E-state index is -0.552. The third-order valence-electron chi connectivity index (χ3n) is 1.35. The highest BCUT2D eigenvalue weighted by atomic mass is 16.7. The van der Waals surface area contributed by atoms with Crippen LogP contribution in [0.1, 0.15) is 0 Å². The van der Waals surface area contributed by atoms with E-state index < -0.39 is 5.97 Å². The molecule has 1 rings (SSSR count). The fraction of sp³-hybridized carbons (Fsp3) is 0.429. The van der Waals surface area contributed by atoms with Gasteiger partial charge in [0.1, 0.15) is 0 Å². The number of ether oxygens (including phenoxy) is 1. The van der Waals surface area contributed by atoms with Gasteiger partial charge in [0.25, 0.3) is 5.91 Å². The Bertz CT molecular complexity index is 219. The van der Waals surface area contributed by atoms with Crippen molar-refractivity contribution in [3.63, 3.8) is 0 Å². The third kappa shape index (κ3) is 2.06. The molecule has 0 aromatic carbocycles. The van der Waals surface area contributed by atoms with E-state index in [1.807, 2.05) is 0 Å². The van der Waals surface area contributed by atoms with Crippen LogP contribution in [-0.2, 0) is 19.2 Å². The highest BCUT2D eigenvalue weighted by Crippen LogP contribution is 2.02. The van der Waals surface area contributed by atoms with Crippen LogP contribution in [0.4, 0.5) is 0 Å². The number of rotatable bonds is 2. The first kappa shape index (κ1) is 8.73. The minimum absolute atomic E-state index is 0.341. The summed E-state index contributed by atoms with van der Waals surface area (Å²) in [5.74, 6) is -0.893. The predicted octanol–water partition coefficient (Wildman–Crippen LogP) is -0.511. The number of carbonyl (C=O) groups is 2. The van der Waals surface area contributed by atoms with Gasteiger partial charge in [-0.05, 0) is 0 Å². The molecular formula is C7H9NO4. The van der Waals surface area contributed by atoms with Crippen molar-refractivity contribution in [1.82, 2.24) is 5.06 Å². The van der Waals surface area contributed by atoms with Crippen molar-refractivity contribution >= 4 is 11.9 Å². The van der Waals surface area contributed by atoms with Crippen molar-refractivity contribution in [3.8, 4) is 0 Å². The Morgan fingerprint density at radius 3 is 2.58 bits per heavy atom. The molecule has 0 aromatic rings. The topological polar surface area (TPSA) is 55.8 Å². The van der Waals surface area contributed by atoms with Gasteiger partial charge in [-0.25, -0.2) is 9.86 Å². The third-order valence-corrected chi connectivity index (χ3v) is 1.35. The van der Waals surface area contributed by atoms with Gasteiger partial charge in [0.05, 0.1) is 20.3 Å². The van der Waals surface area contributed by atoms with Gasteiger partial charge in [-0.15, -0.1) is 0 Å². The molecule has 0 N–H and O–H groups in total. The molecule has 0 atom stereocenters. The summed E-state index contributed by atoms with van der Waals surface area (Å²) < 4.78 is 4.29. The van der Waals surface area contributed by atoms with Crippen LogP contribution in [0.15, 0.2) is 12.2 Å². The monoisotopic (exact) mass is 171 g/mol. The Labute approximate surface area is 69.5 Å². The summed E-state index contributed by atoms with van der Waals surface area (Å²) in [5.41, 5.74) is 0. The summed E-state index contributed by atoms with van der Waals surface area (Å²) in [4.78, 5) is 26.2. The zero-order valence-corrected chi connectivity index (χ0v) is 6.65. The second-order valence-corrected chi connectivity index (χ2v) is 2.13. The molecule has 0 unspecified atom stereocenters. The molecule has 1 aliphatic heterocycles. The van der Waals surface area contributed by atoms with Crippen molar-refractivity contribution in [3.05, 3.63) is 12.2 Å². The van der Waals surface area contributed by atoms with Crippen LogP contribution < -0.4 is 0 Å². The number of hydrogen-bond donors (Lipinski definition) is 0. The highest BCUT2D eigenvalue weighted by molar-refractivity contribution is 5.94. The summed E-state index contributed by atoms with van der Waals surface area (Å²) in [7, 11) is 1.25. The van der Waals surface area contributed by atoms with E-state index in [2.05, 4.69) is 4.74 Å². The summed E-state index contributed by atoms with van der Waals surface area (Å²) in [6.07, 6.45) is 2.18. The second kappa shape index (κ2) is 3.87. The van der Waals surface area contributed by atoms with Crippen LogP contribution in [0.2, 0.25) is 0 Å². The fourth-order valence-electron chi connectivity index (χ4n) is 0.647. The van der Waals surface area contributed by atoms with Crippen molar-refractivity contribution in [2.75, 3.05) is 20.3 Å². The Morgan fingerprint density at radius 2 is 2.17 bits per heavy atom. The van der Waals surface area contributed by atoms with Crippen molar-refractivity contribution in [2.24, 2.45) is 0 Å².